The Labute approximate surface area is 233 Å². The number of carbonyl (C=O) groups is 2. The van der Waals surface area contributed by atoms with Crippen LogP contribution in [0.4, 0.5) is 5.13 Å². The fraction of sp³-hybridized carbons (Fsp3) is 0.452. The van der Waals surface area contributed by atoms with Crippen molar-refractivity contribution < 1.29 is 19.4 Å². The highest BCUT2D eigenvalue weighted by Gasteiger charge is 2.44. The molecule has 2 atom stereocenters. The molecule has 3 saturated heterocycles. The first-order valence-corrected chi connectivity index (χ1v) is 14.9. The summed E-state index contributed by atoms with van der Waals surface area (Å²) in [6.45, 7) is 4.14. The molecular weight excluding hydrogens is 510 g/mol. The minimum atomic E-state index is -0.670. The van der Waals surface area contributed by atoms with Gasteiger partial charge in [0, 0.05) is 41.7 Å². The summed E-state index contributed by atoms with van der Waals surface area (Å²) in [5.74, 6) is -0.0194. The lowest BCUT2D eigenvalue weighted by atomic mass is 9.91. The molecule has 2 bridgehead atoms. The number of thiazole rings is 1. The number of amides is 1. The van der Waals surface area contributed by atoms with E-state index in [0.717, 1.165) is 77.6 Å². The van der Waals surface area contributed by atoms with Crippen LogP contribution < -0.4 is 9.64 Å². The quantitative estimate of drug-likeness (QED) is 0.383. The van der Waals surface area contributed by atoms with E-state index in [1.54, 1.807) is 11.3 Å². The number of fused-ring (bicyclic) bond motifs is 2. The van der Waals surface area contributed by atoms with Crippen LogP contribution in [-0.2, 0) is 11.4 Å². The molecule has 3 fully saturated rings. The molecule has 0 radical (unpaired) electrons. The first kappa shape index (κ1) is 25.9. The first-order valence-electron chi connectivity index (χ1n) is 14.1. The topological polar surface area (TPSA) is 83.0 Å². The molecule has 39 heavy (non-hydrogen) atoms. The summed E-state index contributed by atoms with van der Waals surface area (Å²) in [5.41, 5.74) is 4.67. The number of carboxylic acids is 1. The maximum atomic E-state index is 12.9. The van der Waals surface area contributed by atoms with Crippen LogP contribution in [0.15, 0.2) is 47.8 Å². The third-order valence-electron chi connectivity index (χ3n) is 8.57. The van der Waals surface area contributed by atoms with Crippen LogP contribution in [0.25, 0.3) is 11.3 Å². The number of anilines is 1. The maximum Gasteiger partial charge on any atom is 0.306 e. The van der Waals surface area contributed by atoms with Crippen LogP contribution in [0.1, 0.15) is 66.4 Å². The number of benzene rings is 2. The fourth-order valence-electron chi connectivity index (χ4n) is 6.43. The van der Waals surface area contributed by atoms with Crippen LogP contribution in [0, 0.1) is 12.8 Å². The minimum Gasteiger partial charge on any atom is -0.488 e. The van der Waals surface area contributed by atoms with Crippen molar-refractivity contribution >= 4 is 28.3 Å². The first-order chi connectivity index (χ1) is 19.0. The number of aliphatic carboxylic acids is 1. The number of nitrogens with zero attached hydrogens (tertiary/aromatic N) is 3. The average Bonchev–Trinajstić information content (AvgIpc) is 3.53. The smallest absolute Gasteiger partial charge is 0.306 e. The summed E-state index contributed by atoms with van der Waals surface area (Å²) >= 11 is 1.63. The number of piperidine rings is 2. The van der Waals surface area contributed by atoms with Gasteiger partial charge in [-0.05, 0) is 87.3 Å². The number of para-hydroxylation sites is 1. The Bertz CT molecular complexity index is 1350. The average molecular weight is 546 g/mol. The Morgan fingerprint density at radius 3 is 2.51 bits per heavy atom. The molecule has 204 valence electrons. The highest BCUT2D eigenvalue weighted by atomic mass is 32.1. The summed E-state index contributed by atoms with van der Waals surface area (Å²) in [7, 11) is 0. The SMILES string of the molecule is Cc1cc(C(=O)N2CCCCC2)ccc1COc1ccccc1-c1csc(N2C3CCC2CC(C(=O)O)C3)n1. The fourth-order valence-corrected chi connectivity index (χ4v) is 7.40. The van der Waals surface area contributed by atoms with E-state index >= 15 is 0 Å². The zero-order valence-corrected chi connectivity index (χ0v) is 23.2. The van der Waals surface area contributed by atoms with Gasteiger partial charge in [0.15, 0.2) is 5.13 Å². The van der Waals surface area contributed by atoms with E-state index < -0.39 is 5.97 Å². The van der Waals surface area contributed by atoms with Gasteiger partial charge in [0.1, 0.15) is 12.4 Å². The molecule has 8 heteroatoms. The van der Waals surface area contributed by atoms with E-state index in [9.17, 15) is 14.7 Å². The van der Waals surface area contributed by atoms with Crippen LogP contribution >= 0.6 is 11.3 Å². The third kappa shape index (κ3) is 5.26. The van der Waals surface area contributed by atoms with Crippen molar-refractivity contribution in [3.8, 4) is 17.0 Å². The van der Waals surface area contributed by atoms with E-state index in [-0.39, 0.29) is 23.9 Å². The highest BCUT2D eigenvalue weighted by molar-refractivity contribution is 7.14. The molecule has 7 nitrogen and oxygen atoms in total. The van der Waals surface area contributed by atoms with Crippen LogP contribution in [0.5, 0.6) is 5.75 Å². The highest BCUT2D eigenvalue weighted by Crippen LogP contribution is 2.44. The number of aromatic nitrogens is 1. The Morgan fingerprint density at radius 2 is 1.79 bits per heavy atom. The van der Waals surface area contributed by atoms with Gasteiger partial charge >= 0.3 is 5.97 Å². The zero-order valence-electron chi connectivity index (χ0n) is 22.3. The number of carbonyl (C=O) groups excluding carboxylic acids is 1. The predicted molar refractivity (Wildman–Crippen MR) is 152 cm³/mol. The van der Waals surface area contributed by atoms with E-state index in [1.165, 1.54) is 6.42 Å². The van der Waals surface area contributed by atoms with Gasteiger partial charge in [0.25, 0.3) is 5.91 Å². The van der Waals surface area contributed by atoms with E-state index in [0.29, 0.717) is 19.4 Å². The molecule has 1 aromatic heterocycles. The molecule has 2 aromatic carbocycles. The number of aryl methyl sites for hydroxylation is 1. The van der Waals surface area contributed by atoms with Crippen LogP contribution in [0.2, 0.25) is 0 Å². The van der Waals surface area contributed by atoms with Crippen molar-refractivity contribution in [2.75, 3.05) is 18.0 Å². The molecular formula is C31H35N3O4S. The second-order valence-corrected chi connectivity index (χ2v) is 11.9. The summed E-state index contributed by atoms with van der Waals surface area (Å²) in [6, 6.07) is 14.4. The second kappa shape index (κ2) is 11.0. The number of carboxylic acid groups (broad SMARTS) is 1. The molecule has 3 aliphatic rings. The monoisotopic (exact) mass is 545 g/mol. The normalized spacial score (nSPS) is 22.6. The molecule has 1 N–H and O–H groups in total. The lowest BCUT2D eigenvalue weighted by molar-refractivity contribution is -0.142. The van der Waals surface area contributed by atoms with Gasteiger partial charge in [0.05, 0.1) is 11.6 Å². The van der Waals surface area contributed by atoms with Gasteiger partial charge in [-0.15, -0.1) is 11.3 Å². The molecule has 1 amide bonds. The molecule has 0 spiro atoms. The van der Waals surface area contributed by atoms with E-state index in [1.807, 2.05) is 54.3 Å². The van der Waals surface area contributed by atoms with Crippen molar-refractivity contribution in [2.45, 2.75) is 70.6 Å². The van der Waals surface area contributed by atoms with Crippen molar-refractivity contribution in [1.82, 2.24) is 9.88 Å². The van der Waals surface area contributed by atoms with Crippen molar-refractivity contribution in [1.29, 1.82) is 0 Å². The van der Waals surface area contributed by atoms with Gasteiger partial charge in [-0.2, -0.15) is 0 Å². The molecule has 6 rings (SSSR count). The summed E-state index contributed by atoms with van der Waals surface area (Å²) < 4.78 is 6.32. The van der Waals surface area contributed by atoms with E-state index in [4.69, 9.17) is 9.72 Å². The van der Waals surface area contributed by atoms with Crippen molar-refractivity contribution in [2.24, 2.45) is 5.92 Å². The van der Waals surface area contributed by atoms with Gasteiger partial charge < -0.3 is 19.6 Å². The summed E-state index contributed by atoms with van der Waals surface area (Å²) in [5, 5.41) is 12.6. The largest absolute Gasteiger partial charge is 0.488 e. The minimum absolute atomic E-state index is 0.121. The number of hydrogen-bond donors (Lipinski definition) is 1. The van der Waals surface area contributed by atoms with Gasteiger partial charge in [-0.25, -0.2) is 4.98 Å². The van der Waals surface area contributed by atoms with E-state index in [2.05, 4.69) is 10.3 Å². The molecule has 3 aromatic rings. The summed E-state index contributed by atoms with van der Waals surface area (Å²) in [4.78, 5) is 33.8. The lowest BCUT2D eigenvalue weighted by Crippen LogP contribution is -2.44. The number of rotatable bonds is 7. The Morgan fingerprint density at radius 1 is 1.05 bits per heavy atom. The van der Waals surface area contributed by atoms with Crippen LogP contribution in [0.3, 0.4) is 0 Å². The van der Waals surface area contributed by atoms with Gasteiger partial charge in [-0.3, -0.25) is 9.59 Å². The van der Waals surface area contributed by atoms with Crippen molar-refractivity contribution in [3.63, 3.8) is 0 Å². The van der Waals surface area contributed by atoms with Crippen LogP contribution in [-0.4, -0.2) is 52.0 Å². The second-order valence-electron chi connectivity index (χ2n) is 11.1. The maximum absolute atomic E-state index is 12.9. The lowest BCUT2D eigenvalue weighted by Gasteiger charge is -2.37. The predicted octanol–water partition coefficient (Wildman–Crippen LogP) is 6.16. The Hall–Kier alpha value is -3.39. The third-order valence-corrected chi connectivity index (χ3v) is 9.43. The summed E-state index contributed by atoms with van der Waals surface area (Å²) in [6.07, 6.45) is 6.83. The standard InChI is InChI=1S/C31H35N3O4S/c1-20-15-21(29(35)33-13-5-2-6-14-33)9-10-22(20)18-38-28-8-4-3-7-26(28)27-19-39-31(32-27)34-24-11-12-25(34)17-23(16-24)30(36)37/h3-4,7-10,15,19,23-25H,2,5-6,11-14,16-18H2,1H3,(H,36,37). The number of hydrogen-bond acceptors (Lipinski definition) is 6. The molecule has 3 aliphatic heterocycles. The molecule has 0 aliphatic carbocycles. The molecule has 4 heterocycles. The number of likely N-dealkylation sites (tertiary alicyclic amines) is 1. The number of ether oxygens (including phenoxy) is 1. The molecule has 2 unspecified atom stereocenters. The Balaban J connectivity index is 1.15. The Kier molecular flexibility index (Phi) is 7.30. The zero-order chi connectivity index (χ0) is 26.9. The molecule has 0 saturated carbocycles. The van der Waals surface area contributed by atoms with Crippen molar-refractivity contribution in [3.05, 3.63) is 64.5 Å². The van der Waals surface area contributed by atoms with Gasteiger partial charge in [0.2, 0.25) is 0 Å². The van der Waals surface area contributed by atoms with Gasteiger partial charge in [-0.1, -0.05) is 18.2 Å².